The van der Waals surface area contributed by atoms with Crippen LogP contribution in [-0.2, 0) is 0 Å². The molecule has 4 rings (SSSR count). The number of allylic oxidation sites excluding steroid dienone is 1. The molecule has 1 aliphatic carbocycles. The van der Waals surface area contributed by atoms with E-state index in [9.17, 15) is 4.79 Å². The lowest BCUT2D eigenvalue weighted by Gasteiger charge is -2.24. The smallest absolute Gasteiger partial charge is 0.186 e. The number of carbonyl (C=O) groups is 1. The second kappa shape index (κ2) is 8.05. The quantitative estimate of drug-likeness (QED) is 0.440. The Morgan fingerprint density at radius 3 is 2.29 bits per heavy atom. The van der Waals surface area contributed by atoms with Gasteiger partial charge in [-0.25, -0.2) is 0 Å². The maximum atomic E-state index is 12.2. The zero-order valence-electron chi connectivity index (χ0n) is 16.7. The van der Waals surface area contributed by atoms with Gasteiger partial charge in [-0.2, -0.15) is 0 Å². The Labute approximate surface area is 166 Å². The molecule has 0 atom stereocenters. The maximum Gasteiger partial charge on any atom is 0.186 e. The van der Waals surface area contributed by atoms with Gasteiger partial charge in [-0.1, -0.05) is 38.8 Å². The Hall–Kier alpha value is -2.81. The van der Waals surface area contributed by atoms with Crippen molar-refractivity contribution in [3.8, 4) is 11.3 Å². The number of nitrogens with zero attached hydrogens (tertiary/aromatic N) is 1. The third kappa shape index (κ3) is 3.37. The summed E-state index contributed by atoms with van der Waals surface area (Å²) in [5, 5.41) is 0.932. The van der Waals surface area contributed by atoms with Crippen molar-refractivity contribution in [1.82, 2.24) is 0 Å². The highest BCUT2D eigenvalue weighted by Crippen LogP contribution is 2.39. The van der Waals surface area contributed by atoms with Crippen LogP contribution in [0.4, 0.5) is 5.69 Å². The van der Waals surface area contributed by atoms with Crippen LogP contribution >= 0.6 is 0 Å². The second-order valence-electron chi connectivity index (χ2n) is 7.46. The fourth-order valence-electron chi connectivity index (χ4n) is 3.89. The van der Waals surface area contributed by atoms with Gasteiger partial charge in [0.2, 0.25) is 0 Å². The van der Waals surface area contributed by atoms with Crippen molar-refractivity contribution in [1.29, 1.82) is 0 Å². The van der Waals surface area contributed by atoms with Crippen molar-refractivity contribution in [3.63, 3.8) is 0 Å². The molecule has 144 valence electrons. The number of furan rings is 1. The van der Waals surface area contributed by atoms with Crippen molar-refractivity contribution >= 4 is 28.5 Å². The number of carbonyl (C=O) groups excluding carboxylic acids is 1. The van der Waals surface area contributed by atoms with Crippen LogP contribution in [0.1, 0.15) is 55.5 Å². The number of unbranched alkanes of at least 4 members (excludes halogenated alkanes) is 2. The number of rotatable bonds is 8. The van der Waals surface area contributed by atoms with E-state index in [2.05, 4.69) is 43.0 Å². The molecule has 0 amide bonds. The predicted octanol–water partition coefficient (Wildman–Crippen LogP) is 6.72. The van der Waals surface area contributed by atoms with Crippen LogP contribution in [0.3, 0.4) is 0 Å². The Bertz CT molecular complexity index is 1000. The number of benzene rings is 2. The summed E-state index contributed by atoms with van der Waals surface area (Å²) in [5.74, 6) is 0.884. The monoisotopic (exact) mass is 373 g/mol. The van der Waals surface area contributed by atoms with Gasteiger partial charge in [-0.3, -0.25) is 4.79 Å². The molecule has 0 N–H and O–H groups in total. The minimum Gasteiger partial charge on any atom is -0.455 e. The van der Waals surface area contributed by atoms with Crippen LogP contribution in [0.5, 0.6) is 0 Å². The molecule has 1 aliphatic rings. The molecule has 0 saturated carbocycles. The van der Waals surface area contributed by atoms with Crippen LogP contribution in [0.15, 0.2) is 53.0 Å². The molecule has 3 heteroatoms. The minimum atomic E-state index is 0.0447. The van der Waals surface area contributed by atoms with Crippen molar-refractivity contribution < 1.29 is 9.21 Å². The average molecular weight is 373 g/mol. The Balaban J connectivity index is 1.68. The summed E-state index contributed by atoms with van der Waals surface area (Å²) in [6, 6.07) is 14.4. The van der Waals surface area contributed by atoms with Gasteiger partial charge in [-0.05, 0) is 55.3 Å². The first-order valence-electron chi connectivity index (χ1n) is 10.4. The molecule has 0 fully saturated rings. The summed E-state index contributed by atoms with van der Waals surface area (Å²) in [7, 11) is 0. The lowest BCUT2D eigenvalue weighted by molar-refractivity contribution is 0.104. The van der Waals surface area contributed by atoms with E-state index >= 15 is 0 Å². The van der Waals surface area contributed by atoms with E-state index in [1.54, 1.807) is 6.08 Å². The molecule has 2 aromatic carbocycles. The van der Waals surface area contributed by atoms with E-state index in [0.717, 1.165) is 46.5 Å². The second-order valence-corrected chi connectivity index (χ2v) is 7.46. The number of hydrogen-bond donors (Lipinski definition) is 0. The van der Waals surface area contributed by atoms with Gasteiger partial charge in [0.25, 0.3) is 0 Å². The zero-order valence-corrected chi connectivity index (χ0v) is 16.7. The van der Waals surface area contributed by atoms with E-state index in [0.29, 0.717) is 0 Å². The number of anilines is 1. The summed E-state index contributed by atoms with van der Waals surface area (Å²) in [4.78, 5) is 14.7. The molecule has 0 saturated heterocycles. The standard InChI is InChI=1S/C25H27NO2/c1-3-5-16-26(17-6-4-2)19-12-10-18(11-13-19)25-21-14-15-22(27)20-8-7-9-23(28-25)24(20)21/h7-15H,3-6,16-17H2,1-2H3. The summed E-state index contributed by atoms with van der Waals surface area (Å²) in [6.07, 6.45) is 8.36. The lowest BCUT2D eigenvalue weighted by atomic mass is 9.94. The highest BCUT2D eigenvalue weighted by atomic mass is 16.3. The fourth-order valence-corrected chi connectivity index (χ4v) is 3.89. The first kappa shape index (κ1) is 18.5. The van der Waals surface area contributed by atoms with Crippen molar-refractivity contribution in [2.45, 2.75) is 39.5 Å². The van der Waals surface area contributed by atoms with E-state index < -0.39 is 0 Å². The molecule has 0 radical (unpaired) electrons. The van der Waals surface area contributed by atoms with Gasteiger partial charge in [0, 0.05) is 40.9 Å². The van der Waals surface area contributed by atoms with Crippen LogP contribution in [0.2, 0.25) is 0 Å². The summed E-state index contributed by atoms with van der Waals surface area (Å²) >= 11 is 0. The fraction of sp³-hybridized carbons (Fsp3) is 0.320. The molecular weight excluding hydrogens is 346 g/mol. The largest absolute Gasteiger partial charge is 0.455 e. The topological polar surface area (TPSA) is 33.5 Å². The number of ketones is 1. The van der Waals surface area contributed by atoms with Gasteiger partial charge in [0.1, 0.15) is 11.3 Å². The minimum absolute atomic E-state index is 0.0447. The molecule has 0 aliphatic heterocycles. The Morgan fingerprint density at radius 1 is 0.893 bits per heavy atom. The molecule has 1 heterocycles. The van der Waals surface area contributed by atoms with Crippen LogP contribution in [-0.4, -0.2) is 18.9 Å². The Morgan fingerprint density at radius 2 is 1.61 bits per heavy atom. The highest BCUT2D eigenvalue weighted by molar-refractivity contribution is 6.20. The molecular formula is C25H27NO2. The van der Waals surface area contributed by atoms with E-state index in [1.807, 2.05) is 24.3 Å². The zero-order chi connectivity index (χ0) is 19.5. The normalized spacial score (nSPS) is 12.7. The van der Waals surface area contributed by atoms with E-state index in [-0.39, 0.29) is 5.78 Å². The molecule has 0 bridgehead atoms. The van der Waals surface area contributed by atoms with Crippen molar-refractivity contribution in [2.75, 3.05) is 18.0 Å². The third-order valence-corrected chi connectivity index (χ3v) is 5.48. The SMILES string of the molecule is CCCCN(CCCC)c1ccc(-c2oc3cccc4c3c2C=CC4=O)cc1. The van der Waals surface area contributed by atoms with Crippen LogP contribution in [0.25, 0.3) is 28.4 Å². The lowest BCUT2D eigenvalue weighted by Crippen LogP contribution is -2.25. The van der Waals surface area contributed by atoms with Crippen LogP contribution < -0.4 is 4.90 Å². The molecule has 28 heavy (non-hydrogen) atoms. The van der Waals surface area contributed by atoms with Crippen molar-refractivity contribution in [2.24, 2.45) is 0 Å². The third-order valence-electron chi connectivity index (χ3n) is 5.48. The van der Waals surface area contributed by atoms with Gasteiger partial charge in [-0.15, -0.1) is 0 Å². The van der Waals surface area contributed by atoms with Gasteiger partial charge in [0.05, 0.1) is 0 Å². The van der Waals surface area contributed by atoms with Gasteiger partial charge in [0.15, 0.2) is 5.78 Å². The summed E-state index contributed by atoms with van der Waals surface area (Å²) in [6.45, 7) is 6.67. The number of hydrogen-bond acceptors (Lipinski definition) is 3. The molecule has 1 aromatic heterocycles. The van der Waals surface area contributed by atoms with Crippen LogP contribution in [0, 0.1) is 0 Å². The Kier molecular flexibility index (Phi) is 5.34. The van der Waals surface area contributed by atoms with E-state index in [1.165, 1.54) is 31.4 Å². The summed E-state index contributed by atoms with van der Waals surface area (Å²) in [5.41, 5.74) is 4.82. The first-order valence-corrected chi connectivity index (χ1v) is 10.4. The average Bonchev–Trinajstić information content (AvgIpc) is 3.11. The molecule has 0 unspecified atom stereocenters. The highest BCUT2D eigenvalue weighted by Gasteiger charge is 2.22. The van der Waals surface area contributed by atoms with Gasteiger partial charge >= 0.3 is 0 Å². The van der Waals surface area contributed by atoms with E-state index in [4.69, 9.17) is 4.42 Å². The van der Waals surface area contributed by atoms with Crippen molar-refractivity contribution in [3.05, 3.63) is 59.7 Å². The predicted molar refractivity (Wildman–Crippen MR) is 117 cm³/mol. The molecule has 3 aromatic rings. The van der Waals surface area contributed by atoms with Gasteiger partial charge < -0.3 is 9.32 Å². The summed E-state index contributed by atoms with van der Waals surface area (Å²) < 4.78 is 6.16. The molecule has 0 spiro atoms. The molecule has 3 nitrogen and oxygen atoms in total. The first-order chi connectivity index (χ1) is 13.7. The maximum absolute atomic E-state index is 12.2.